The number of carbonyl (C=O) groups is 11. The minimum absolute atomic E-state index is 0.0106. The summed E-state index contributed by atoms with van der Waals surface area (Å²) in [6, 6.07) is -12.6. The number of likely N-dealkylation sites (N-methyl/N-ethyl adjacent to an activating group) is 7. The fourth-order valence-electron chi connectivity index (χ4n) is 11.1. The smallest absolute Gasteiger partial charge is 0.256 e. The minimum Gasteiger partial charge on any atom is -0.390 e. The second kappa shape index (κ2) is 37.5. The van der Waals surface area contributed by atoms with E-state index in [0.717, 1.165) is 16.7 Å². The first-order valence-corrected chi connectivity index (χ1v) is 32.9. The summed E-state index contributed by atoms with van der Waals surface area (Å²) in [6.45, 7) is 30.0. The normalized spacial score (nSPS) is 27.1. The van der Waals surface area contributed by atoms with Crippen LogP contribution >= 0.6 is 11.8 Å². The largest absolute Gasteiger partial charge is 0.390 e. The molecule has 11 amide bonds. The average Bonchev–Trinajstić information content (AvgIpc) is 2.43. The van der Waals surface area contributed by atoms with Gasteiger partial charge in [0, 0.05) is 61.6 Å². The minimum atomic E-state index is -1.64. The first-order valence-electron chi connectivity index (χ1n) is 31.9. The number of nitrogens with zero attached hydrogens (tertiary/aromatic N) is 7. The molecule has 0 spiro atoms. The number of nitrogens with two attached hydrogens (primary N) is 1. The van der Waals surface area contributed by atoms with Gasteiger partial charge in [0.05, 0.1) is 6.10 Å². The van der Waals surface area contributed by atoms with Crippen LogP contribution in [0.15, 0.2) is 12.2 Å². The summed E-state index contributed by atoms with van der Waals surface area (Å²) < 4.78 is 0. The van der Waals surface area contributed by atoms with Gasteiger partial charge in [0.25, 0.3) is 5.91 Å². The molecular formula is C64H116N12O12S. The lowest BCUT2D eigenvalue weighted by molar-refractivity contribution is -0.157. The van der Waals surface area contributed by atoms with Crippen LogP contribution in [-0.2, 0) is 52.7 Å². The Bertz CT molecular complexity index is 2420. The average molecular weight is 1280 g/mol. The molecule has 0 aromatic heterocycles. The molecule has 1 saturated heterocycles. The molecule has 1 aliphatic heterocycles. The topological polar surface area (TPSA) is 305 Å². The van der Waals surface area contributed by atoms with Gasteiger partial charge in [-0.3, -0.25) is 52.7 Å². The maximum Gasteiger partial charge on any atom is 0.256 e. The number of hydrogen-bond donors (Lipinski definition) is 6. The number of carbonyl (C=O) groups excluding carboxylic acids is 11. The van der Waals surface area contributed by atoms with Gasteiger partial charge < -0.3 is 66.4 Å². The van der Waals surface area contributed by atoms with E-state index < -0.39 is 155 Å². The number of nitrogens with one attached hydrogen (secondary N) is 4. The lowest BCUT2D eigenvalue weighted by Gasteiger charge is -2.41. The van der Waals surface area contributed by atoms with Crippen LogP contribution in [0, 0.1) is 41.4 Å². The van der Waals surface area contributed by atoms with Gasteiger partial charge in [-0.1, -0.05) is 109 Å². The molecule has 0 aromatic carbocycles. The second-order valence-corrected chi connectivity index (χ2v) is 28.0. The number of thioether (sulfide) groups is 1. The van der Waals surface area contributed by atoms with E-state index in [4.69, 9.17) is 5.73 Å². The van der Waals surface area contributed by atoms with Gasteiger partial charge in [-0.25, -0.2) is 0 Å². The zero-order valence-corrected chi connectivity index (χ0v) is 59.2. The summed E-state index contributed by atoms with van der Waals surface area (Å²) in [6.07, 6.45) is 2.91. The van der Waals surface area contributed by atoms with Gasteiger partial charge in [-0.15, -0.1) is 11.8 Å². The quantitative estimate of drug-likeness (QED) is 0.107. The molecule has 1 aliphatic rings. The lowest BCUT2D eigenvalue weighted by Crippen LogP contribution is -2.64. The van der Waals surface area contributed by atoms with Crippen molar-refractivity contribution in [2.45, 2.75) is 228 Å². The molecule has 89 heavy (non-hydrogen) atoms. The highest BCUT2D eigenvalue weighted by atomic mass is 32.2. The zero-order valence-electron chi connectivity index (χ0n) is 58.3. The van der Waals surface area contributed by atoms with Crippen molar-refractivity contribution in [2.24, 2.45) is 47.2 Å². The third-order valence-corrected chi connectivity index (χ3v) is 17.9. The third kappa shape index (κ3) is 22.8. The summed E-state index contributed by atoms with van der Waals surface area (Å²) in [5.41, 5.74) is 5.99. The van der Waals surface area contributed by atoms with E-state index in [1.807, 2.05) is 55.4 Å². The van der Waals surface area contributed by atoms with Gasteiger partial charge in [0.2, 0.25) is 59.1 Å². The Morgan fingerprint density at radius 3 is 1.33 bits per heavy atom. The standard InChI is InChI=1S/C64H116N12O12S/c1-25-27-28-41(15)52(77)51-56(81)68-44(26-2)58(83)76(24)64(89-30-29-65)63(88)71(19)46(32-36(5)6)55(80)69-49(39(11)12)61(86)70(18)45(31-35(3)4)54(79)66-42(16)53(78)67-43(17)57(82)72(20)47(33-37(7)8)59(84)73(21)48(34-38(9)10)60(85)74(22)50(40(13)14)62(87)75(51)23/h25,27,35-52,64,77H,26,28-34,65H2,1-24H3,(H,66,79)(H,67,78)(H,68,81)(H,69,80)/b27-25+/t41-,42+,43-,44+,45+,46+,47+,48+,49+,50+,51+,52-,64-/m1/s1. The van der Waals surface area contributed by atoms with Crippen molar-refractivity contribution < 1.29 is 57.8 Å². The van der Waals surface area contributed by atoms with Gasteiger partial charge >= 0.3 is 0 Å². The molecule has 24 nitrogen and oxygen atoms in total. The molecule has 7 N–H and O–H groups in total. The predicted molar refractivity (Wildman–Crippen MR) is 349 cm³/mol. The van der Waals surface area contributed by atoms with Gasteiger partial charge in [-0.2, -0.15) is 0 Å². The summed E-state index contributed by atoms with van der Waals surface area (Å²) in [5, 5.41) is 22.0. The van der Waals surface area contributed by atoms with Gasteiger partial charge in [0.15, 0.2) is 5.37 Å². The molecule has 0 aliphatic carbocycles. The summed E-state index contributed by atoms with van der Waals surface area (Å²) >= 11 is 1.04. The van der Waals surface area contributed by atoms with Crippen LogP contribution in [0.4, 0.5) is 0 Å². The van der Waals surface area contributed by atoms with Crippen molar-refractivity contribution in [3.8, 4) is 0 Å². The highest BCUT2D eigenvalue weighted by Gasteiger charge is 2.46. The molecule has 0 bridgehead atoms. The SMILES string of the molecule is C/C=C/C[C@@H](C)[C@@H](O)[C@H]1C(=O)N[C@@H](CC)C(=O)N(C)[C@H](SCCN)C(=O)N(C)[C@@H](CC(C)C)C(=O)N[C@@H](C(C)C)C(=O)N(C)[C@@H](CC(C)C)C(=O)N[C@@H](C)C(=O)N[C@H](C)C(=O)N(C)[C@@H](CC(C)C)C(=O)N(C)[C@@H](CC(C)C)C(=O)N(C)[C@@H](C(C)C)C(=O)N1C. The van der Waals surface area contributed by atoms with Crippen LogP contribution in [-0.4, -0.2) is 238 Å². The lowest BCUT2D eigenvalue weighted by atomic mass is 9.91. The van der Waals surface area contributed by atoms with Crippen LogP contribution in [0.2, 0.25) is 0 Å². The Labute approximate surface area is 537 Å². The maximum atomic E-state index is 15.3. The Morgan fingerprint density at radius 2 is 0.888 bits per heavy atom. The van der Waals surface area contributed by atoms with Crippen molar-refractivity contribution in [1.29, 1.82) is 0 Å². The molecule has 0 unspecified atom stereocenters. The molecule has 0 aromatic rings. The molecule has 0 saturated carbocycles. The van der Waals surface area contributed by atoms with E-state index in [1.165, 1.54) is 92.6 Å². The fourth-order valence-corrected chi connectivity index (χ4v) is 12.1. The first kappa shape index (κ1) is 81.2. The van der Waals surface area contributed by atoms with Crippen LogP contribution in [0.5, 0.6) is 0 Å². The molecule has 1 rings (SSSR count). The Hall–Kier alpha value is -5.82. The predicted octanol–water partition coefficient (Wildman–Crippen LogP) is 3.29. The van der Waals surface area contributed by atoms with Crippen molar-refractivity contribution in [1.82, 2.24) is 55.6 Å². The molecule has 0 radical (unpaired) electrons. The molecule has 510 valence electrons. The van der Waals surface area contributed by atoms with Crippen molar-refractivity contribution in [3.05, 3.63) is 12.2 Å². The van der Waals surface area contributed by atoms with Gasteiger partial charge in [-0.05, 0) is 101 Å². The molecule has 1 heterocycles. The van der Waals surface area contributed by atoms with Crippen LogP contribution in [0.1, 0.15) is 156 Å². The number of amides is 11. The second-order valence-electron chi connectivity index (χ2n) is 26.8. The van der Waals surface area contributed by atoms with Crippen molar-refractivity contribution in [2.75, 3.05) is 61.6 Å². The number of aliphatic hydroxyl groups excluding tert-OH is 1. The van der Waals surface area contributed by atoms with E-state index in [-0.39, 0.29) is 68.1 Å². The summed E-state index contributed by atoms with van der Waals surface area (Å²) in [4.78, 5) is 171. The van der Waals surface area contributed by atoms with Crippen LogP contribution in [0.25, 0.3) is 0 Å². The maximum absolute atomic E-state index is 15.3. The van der Waals surface area contributed by atoms with Crippen molar-refractivity contribution in [3.63, 3.8) is 0 Å². The Morgan fingerprint density at radius 1 is 0.472 bits per heavy atom. The molecule has 25 heteroatoms. The van der Waals surface area contributed by atoms with E-state index >= 15 is 19.2 Å². The number of hydrogen-bond acceptors (Lipinski definition) is 14. The monoisotopic (exact) mass is 1280 g/mol. The third-order valence-electron chi connectivity index (χ3n) is 16.6. The Balaban J connectivity index is 4.48. The summed E-state index contributed by atoms with van der Waals surface area (Å²) in [5.74, 6) is -9.79. The number of aliphatic hydroxyl groups is 1. The van der Waals surface area contributed by atoms with E-state index in [0.29, 0.717) is 6.42 Å². The molecule has 1 fully saturated rings. The van der Waals surface area contributed by atoms with E-state index in [9.17, 15) is 38.7 Å². The zero-order chi connectivity index (χ0) is 69.0. The van der Waals surface area contributed by atoms with Crippen molar-refractivity contribution >= 4 is 76.7 Å². The number of rotatable bonds is 18. The fraction of sp³-hybridized carbons (Fsp3) is 0.797. The van der Waals surface area contributed by atoms with Crippen LogP contribution < -0.4 is 27.0 Å². The first-order chi connectivity index (χ1) is 41.2. The molecular weight excluding hydrogens is 1160 g/mol. The van der Waals surface area contributed by atoms with E-state index in [1.54, 1.807) is 60.6 Å². The summed E-state index contributed by atoms with van der Waals surface area (Å²) in [7, 11) is 9.94. The highest BCUT2D eigenvalue weighted by molar-refractivity contribution is 8.00. The number of allylic oxidation sites excluding steroid dienone is 2. The van der Waals surface area contributed by atoms with Crippen LogP contribution in [0.3, 0.4) is 0 Å². The van der Waals surface area contributed by atoms with Gasteiger partial charge in [0.1, 0.15) is 60.4 Å². The Kier molecular flexibility index (Phi) is 34.2. The molecule has 13 atom stereocenters. The van der Waals surface area contributed by atoms with E-state index in [2.05, 4.69) is 21.3 Å². The highest BCUT2D eigenvalue weighted by Crippen LogP contribution is 2.27.